The second-order valence-corrected chi connectivity index (χ2v) is 9.25. The monoisotopic (exact) mass is 340 g/mol. The van der Waals surface area contributed by atoms with Crippen LogP contribution in [0.15, 0.2) is 24.3 Å². The fourth-order valence-corrected chi connectivity index (χ4v) is 6.22. The van der Waals surface area contributed by atoms with Gasteiger partial charge in [-0.15, -0.1) is 0 Å². The molecule has 136 valence electrons. The summed E-state index contributed by atoms with van der Waals surface area (Å²) < 4.78 is 0. The Morgan fingerprint density at radius 2 is 1.52 bits per heavy atom. The number of anilines is 1. The molecule has 0 aromatic heterocycles. The lowest BCUT2D eigenvalue weighted by Crippen LogP contribution is -2.57. The van der Waals surface area contributed by atoms with Gasteiger partial charge in [0, 0.05) is 11.7 Å². The Hall–Kier alpha value is -1.35. The molecule has 4 fully saturated rings. The third-order valence-electron chi connectivity index (χ3n) is 7.22. The van der Waals surface area contributed by atoms with E-state index < -0.39 is 0 Å². The second kappa shape index (κ2) is 6.42. The molecule has 0 radical (unpaired) electrons. The molecule has 25 heavy (non-hydrogen) atoms. The van der Waals surface area contributed by atoms with Crippen LogP contribution in [-0.4, -0.2) is 18.0 Å². The number of carbonyl (C=O) groups excluding carboxylic acids is 1. The van der Waals surface area contributed by atoms with Gasteiger partial charge < -0.3 is 10.6 Å². The van der Waals surface area contributed by atoms with Crippen molar-refractivity contribution in [2.24, 2.45) is 23.2 Å². The summed E-state index contributed by atoms with van der Waals surface area (Å²) in [7, 11) is 0. The highest BCUT2D eigenvalue weighted by atomic mass is 16.2. The summed E-state index contributed by atoms with van der Waals surface area (Å²) in [4.78, 5) is 12.6. The molecule has 4 bridgehead atoms. The average Bonchev–Trinajstić information content (AvgIpc) is 2.55. The van der Waals surface area contributed by atoms with Crippen molar-refractivity contribution < 1.29 is 4.79 Å². The number of hydrogen-bond donors (Lipinski definition) is 2. The quantitative estimate of drug-likeness (QED) is 0.827. The Morgan fingerprint density at radius 3 is 2.04 bits per heavy atom. The van der Waals surface area contributed by atoms with Gasteiger partial charge in [-0.05, 0) is 94.6 Å². The van der Waals surface area contributed by atoms with Gasteiger partial charge in [0.25, 0.3) is 0 Å². The van der Waals surface area contributed by atoms with Crippen LogP contribution in [0, 0.1) is 30.1 Å². The number of hydrogen-bond acceptors (Lipinski definition) is 2. The number of amides is 1. The minimum atomic E-state index is -0.163. The summed E-state index contributed by atoms with van der Waals surface area (Å²) in [6.45, 7) is 6.38. The standard InChI is InChI=1S/C22H32N2O/c1-14-4-6-20(7-5-14)24-21(25)15(2)23-16(3)22-11-17-8-18(12-22)10-19(9-17)13-22/h4-7,15-19,23H,8-13H2,1-3H3,(H,24,25)/t15-,16+,17?,18?,19?,22?/m0/s1. The van der Waals surface area contributed by atoms with Crippen molar-refractivity contribution in [3.8, 4) is 0 Å². The molecule has 4 saturated carbocycles. The molecule has 1 aromatic carbocycles. The Kier molecular flexibility index (Phi) is 4.39. The maximum Gasteiger partial charge on any atom is 0.241 e. The fraction of sp³-hybridized carbons (Fsp3) is 0.682. The number of nitrogens with one attached hydrogen (secondary N) is 2. The first kappa shape index (κ1) is 17.1. The molecule has 0 spiro atoms. The van der Waals surface area contributed by atoms with Crippen molar-refractivity contribution in [1.82, 2.24) is 5.32 Å². The number of aryl methyl sites for hydroxylation is 1. The zero-order valence-corrected chi connectivity index (χ0v) is 15.8. The Balaban J connectivity index is 1.37. The van der Waals surface area contributed by atoms with E-state index in [0.717, 1.165) is 23.4 Å². The maximum atomic E-state index is 12.6. The van der Waals surface area contributed by atoms with Gasteiger partial charge in [0.2, 0.25) is 5.91 Å². The van der Waals surface area contributed by atoms with Crippen molar-refractivity contribution in [2.75, 3.05) is 5.32 Å². The molecule has 0 heterocycles. The topological polar surface area (TPSA) is 41.1 Å². The lowest BCUT2D eigenvalue weighted by molar-refractivity contribution is -0.119. The second-order valence-electron chi connectivity index (χ2n) is 9.25. The van der Waals surface area contributed by atoms with Crippen LogP contribution >= 0.6 is 0 Å². The maximum absolute atomic E-state index is 12.6. The van der Waals surface area contributed by atoms with Crippen LogP contribution in [0.1, 0.15) is 57.9 Å². The van der Waals surface area contributed by atoms with E-state index in [9.17, 15) is 4.79 Å². The lowest BCUT2D eigenvalue weighted by atomic mass is 9.48. The van der Waals surface area contributed by atoms with E-state index in [4.69, 9.17) is 0 Å². The number of benzene rings is 1. The predicted octanol–water partition coefficient (Wildman–Crippen LogP) is 4.52. The van der Waals surface area contributed by atoms with Gasteiger partial charge >= 0.3 is 0 Å². The summed E-state index contributed by atoms with van der Waals surface area (Å²) in [5.41, 5.74) is 2.53. The zero-order valence-electron chi connectivity index (χ0n) is 15.8. The molecule has 4 aliphatic carbocycles. The molecular weight excluding hydrogens is 308 g/mol. The normalized spacial score (nSPS) is 35.4. The van der Waals surface area contributed by atoms with E-state index in [1.807, 2.05) is 31.2 Å². The first-order chi connectivity index (χ1) is 11.9. The van der Waals surface area contributed by atoms with Gasteiger partial charge in [-0.2, -0.15) is 0 Å². The van der Waals surface area contributed by atoms with Crippen molar-refractivity contribution in [3.63, 3.8) is 0 Å². The minimum absolute atomic E-state index is 0.0698. The molecular formula is C22H32N2O. The van der Waals surface area contributed by atoms with E-state index in [-0.39, 0.29) is 11.9 Å². The van der Waals surface area contributed by atoms with E-state index in [1.54, 1.807) is 0 Å². The van der Waals surface area contributed by atoms with Crippen LogP contribution < -0.4 is 10.6 Å². The first-order valence-corrected chi connectivity index (χ1v) is 10.1. The van der Waals surface area contributed by atoms with Gasteiger partial charge in [0.15, 0.2) is 0 Å². The average molecular weight is 341 g/mol. The van der Waals surface area contributed by atoms with E-state index in [0.29, 0.717) is 11.5 Å². The Morgan fingerprint density at radius 1 is 1.00 bits per heavy atom. The van der Waals surface area contributed by atoms with Crippen LogP contribution in [-0.2, 0) is 4.79 Å². The summed E-state index contributed by atoms with van der Waals surface area (Å²) in [6.07, 6.45) is 8.53. The lowest BCUT2D eigenvalue weighted by Gasteiger charge is -2.59. The third-order valence-corrected chi connectivity index (χ3v) is 7.22. The summed E-state index contributed by atoms with van der Waals surface area (Å²) in [5, 5.41) is 6.70. The minimum Gasteiger partial charge on any atom is -0.325 e. The Labute approximate surface area is 152 Å². The highest BCUT2D eigenvalue weighted by Gasteiger charge is 2.53. The van der Waals surface area contributed by atoms with E-state index >= 15 is 0 Å². The summed E-state index contributed by atoms with van der Waals surface area (Å²) in [6, 6.07) is 8.27. The van der Waals surface area contributed by atoms with Gasteiger partial charge in [-0.1, -0.05) is 17.7 Å². The molecule has 0 unspecified atom stereocenters. The van der Waals surface area contributed by atoms with Crippen LogP contribution in [0.4, 0.5) is 5.69 Å². The van der Waals surface area contributed by atoms with Crippen LogP contribution in [0.25, 0.3) is 0 Å². The van der Waals surface area contributed by atoms with E-state index in [2.05, 4.69) is 24.5 Å². The molecule has 4 aliphatic rings. The van der Waals surface area contributed by atoms with Crippen molar-refractivity contribution >= 4 is 11.6 Å². The zero-order chi connectivity index (χ0) is 17.6. The molecule has 1 aromatic rings. The summed E-state index contributed by atoms with van der Waals surface area (Å²) in [5.74, 6) is 2.92. The smallest absolute Gasteiger partial charge is 0.241 e. The molecule has 2 N–H and O–H groups in total. The van der Waals surface area contributed by atoms with Crippen LogP contribution in [0.2, 0.25) is 0 Å². The molecule has 1 amide bonds. The Bertz CT molecular complexity index is 601. The van der Waals surface area contributed by atoms with Gasteiger partial charge in [0.1, 0.15) is 0 Å². The van der Waals surface area contributed by atoms with Gasteiger partial charge in [0.05, 0.1) is 6.04 Å². The first-order valence-electron chi connectivity index (χ1n) is 10.1. The number of rotatable bonds is 5. The molecule has 2 atom stereocenters. The fourth-order valence-electron chi connectivity index (χ4n) is 6.22. The van der Waals surface area contributed by atoms with Gasteiger partial charge in [-0.3, -0.25) is 4.79 Å². The predicted molar refractivity (Wildman–Crippen MR) is 102 cm³/mol. The molecule has 3 heteroatoms. The molecule has 5 rings (SSSR count). The third kappa shape index (κ3) is 3.36. The highest BCUT2D eigenvalue weighted by molar-refractivity contribution is 5.94. The summed E-state index contributed by atoms with van der Waals surface area (Å²) >= 11 is 0. The molecule has 3 nitrogen and oxygen atoms in total. The van der Waals surface area contributed by atoms with Crippen LogP contribution in [0.3, 0.4) is 0 Å². The highest BCUT2D eigenvalue weighted by Crippen LogP contribution is 2.61. The largest absolute Gasteiger partial charge is 0.325 e. The SMILES string of the molecule is Cc1ccc(NC(=O)[C@H](C)N[C@H](C)C23CC4CC(CC(C4)C2)C3)cc1. The van der Waals surface area contributed by atoms with E-state index in [1.165, 1.54) is 44.1 Å². The molecule has 0 aliphatic heterocycles. The van der Waals surface area contributed by atoms with Crippen molar-refractivity contribution in [2.45, 2.75) is 71.4 Å². The van der Waals surface area contributed by atoms with Crippen molar-refractivity contribution in [1.29, 1.82) is 0 Å². The van der Waals surface area contributed by atoms with Gasteiger partial charge in [-0.25, -0.2) is 0 Å². The molecule has 0 saturated heterocycles. The van der Waals surface area contributed by atoms with Crippen molar-refractivity contribution in [3.05, 3.63) is 29.8 Å². The van der Waals surface area contributed by atoms with Crippen LogP contribution in [0.5, 0.6) is 0 Å². The number of carbonyl (C=O) groups is 1.